The summed E-state index contributed by atoms with van der Waals surface area (Å²) in [4.78, 5) is 0. The molecule has 0 spiro atoms. The first-order chi connectivity index (χ1) is 34.1. The van der Waals surface area contributed by atoms with Gasteiger partial charge in [0.05, 0.1) is 0 Å². The topological polar surface area (TPSA) is 0 Å². The van der Waals surface area contributed by atoms with Gasteiger partial charge in [-0.2, -0.15) is 0 Å². The standard InChI is InChI=1S/C70H62/c1-9-47(2)70-53(8)57(42-43-61(70)39-33-50(5)63-29-17-23-59-20-11-14-26-66(59)63)37-31-48(3)55-40-34-54(35-41-55)36-45-69(68-30-18-24-60-21-12-15-27-67(60)68)64-46-44-56(51(6)52(64)7)38-32-49(4)62-28-16-22-58-19-10-13-25-65(58)62/h10-35,37-47H,4-5,8-9,36H2,1-3,6-7H3/b38-32-,39-33-,48-31+,57-37-,69-45+. The average molecular weight is 903 g/mol. The van der Waals surface area contributed by atoms with E-state index in [1.54, 1.807) is 0 Å². The average Bonchev–Trinajstić information content (AvgIpc) is 3.40. The third-order valence-corrected chi connectivity index (χ3v) is 14.4. The van der Waals surface area contributed by atoms with Gasteiger partial charge < -0.3 is 0 Å². The van der Waals surface area contributed by atoms with E-state index in [2.05, 4.69) is 273 Å². The predicted molar refractivity (Wildman–Crippen MR) is 309 cm³/mol. The van der Waals surface area contributed by atoms with E-state index in [0.717, 1.165) is 45.6 Å². The van der Waals surface area contributed by atoms with E-state index >= 15 is 0 Å². The Balaban J connectivity index is 0.973. The summed E-state index contributed by atoms with van der Waals surface area (Å²) in [6, 6.07) is 63.4. The highest BCUT2D eigenvalue weighted by Crippen LogP contribution is 2.35. The number of rotatable bonds is 14. The number of fused-ring (bicyclic) bond motifs is 3. The highest BCUT2D eigenvalue weighted by atomic mass is 14.2. The molecular weight excluding hydrogens is 841 g/mol. The molecule has 9 aromatic carbocycles. The summed E-state index contributed by atoms with van der Waals surface area (Å²) in [5, 5.41) is 9.61. The molecule has 0 heteroatoms. The summed E-state index contributed by atoms with van der Waals surface area (Å²) in [6.07, 6.45) is 17.5. The molecule has 0 aliphatic heterocycles. The van der Waals surface area contributed by atoms with Crippen LogP contribution in [0.15, 0.2) is 213 Å². The van der Waals surface area contributed by atoms with Crippen molar-refractivity contribution in [3.05, 3.63) is 285 Å². The minimum atomic E-state index is 0.362. The van der Waals surface area contributed by atoms with E-state index in [0.29, 0.717) is 5.92 Å². The second-order valence-electron chi connectivity index (χ2n) is 18.7. The molecular formula is C70H62. The van der Waals surface area contributed by atoms with Crippen LogP contribution in [0.25, 0.3) is 79.4 Å². The smallest absolute Gasteiger partial charge is 0.00880 e. The van der Waals surface area contributed by atoms with Crippen molar-refractivity contribution in [2.75, 3.05) is 0 Å². The first kappa shape index (κ1) is 47.0. The van der Waals surface area contributed by atoms with Crippen LogP contribution in [0.1, 0.15) is 94.3 Å². The van der Waals surface area contributed by atoms with Crippen LogP contribution in [-0.2, 0) is 6.42 Å². The fourth-order valence-corrected chi connectivity index (χ4v) is 9.93. The summed E-state index contributed by atoms with van der Waals surface area (Å²) < 4.78 is 0. The summed E-state index contributed by atoms with van der Waals surface area (Å²) in [6.45, 7) is 24.9. The fraction of sp³-hybridized carbons (Fsp3) is 0.114. The number of hydrogen-bond donors (Lipinski definition) is 0. The number of benzene rings is 9. The maximum atomic E-state index is 4.65. The molecule has 0 aromatic heterocycles. The molecule has 0 heterocycles. The number of allylic oxidation sites excluding steroid dienone is 7. The monoisotopic (exact) mass is 902 g/mol. The molecule has 0 radical (unpaired) electrons. The lowest BCUT2D eigenvalue weighted by Crippen LogP contribution is -2.29. The maximum Gasteiger partial charge on any atom is -0.00880 e. The molecule has 70 heavy (non-hydrogen) atoms. The van der Waals surface area contributed by atoms with Gasteiger partial charge in [-0.15, -0.1) is 0 Å². The second-order valence-corrected chi connectivity index (χ2v) is 18.7. The van der Waals surface area contributed by atoms with Crippen molar-refractivity contribution in [3.8, 4) is 0 Å². The Bertz CT molecular complexity index is 3680. The Labute approximate surface area is 415 Å². The fourth-order valence-electron chi connectivity index (χ4n) is 9.93. The Morgan fingerprint density at radius 1 is 0.529 bits per heavy atom. The van der Waals surface area contributed by atoms with Gasteiger partial charge in [0.15, 0.2) is 0 Å². The van der Waals surface area contributed by atoms with Crippen molar-refractivity contribution < 1.29 is 0 Å². The molecule has 0 nitrogen and oxygen atoms in total. The zero-order valence-electron chi connectivity index (χ0n) is 41.4. The molecule has 0 bridgehead atoms. The minimum absolute atomic E-state index is 0.362. The van der Waals surface area contributed by atoms with Crippen LogP contribution in [0.3, 0.4) is 0 Å². The lowest BCUT2D eigenvalue weighted by atomic mass is 9.87. The van der Waals surface area contributed by atoms with Crippen molar-refractivity contribution in [1.29, 1.82) is 0 Å². The molecule has 9 rings (SSSR count). The Kier molecular flexibility index (Phi) is 14.2. The van der Waals surface area contributed by atoms with Gasteiger partial charge in [0.2, 0.25) is 0 Å². The van der Waals surface area contributed by atoms with Gasteiger partial charge in [-0.25, -0.2) is 0 Å². The zero-order chi connectivity index (χ0) is 48.7. The molecule has 0 N–H and O–H groups in total. The third-order valence-electron chi connectivity index (χ3n) is 14.4. The molecule has 0 saturated carbocycles. The van der Waals surface area contributed by atoms with Gasteiger partial charge in [0, 0.05) is 0 Å². The van der Waals surface area contributed by atoms with Crippen molar-refractivity contribution in [2.45, 2.75) is 53.4 Å². The summed E-state index contributed by atoms with van der Waals surface area (Å²) in [5.41, 5.74) is 18.0. The lowest BCUT2D eigenvalue weighted by Gasteiger charge is -2.17. The number of hydrogen-bond acceptors (Lipinski definition) is 0. The highest BCUT2D eigenvalue weighted by Gasteiger charge is 2.15. The predicted octanol–water partition coefficient (Wildman–Crippen LogP) is 17.7. The van der Waals surface area contributed by atoms with E-state index in [-0.39, 0.29) is 0 Å². The first-order valence-electron chi connectivity index (χ1n) is 24.7. The van der Waals surface area contributed by atoms with Crippen LogP contribution in [0, 0.1) is 13.8 Å². The van der Waals surface area contributed by atoms with Crippen LogP contribution in [0.2, 0.25) is 0 Å². The van der Waals surface area contributed by atoms with Crippen molar-refractivity contribution in [2.24, 2.45) is 0 Å². The summed E-state index contributed by atoms with van der Waals surface area (Å²) >= 11 is 0. The van der Waals surface area contributed by atoms with Crippen molar-refractivity contribution in [1.82, 2.24) is 0 Å². The molecule has 1 atom stereocenters. The van der Waals surface area contributed by atoms with Gasteiger partial charge in [0.25, 0.3) is 0 Å². The van der Waals surface area contributed by atoms with Crippen LogP contribution >= 0.6 is 0 Å². The lowest BCUT2D eigenvalue weighted by molar-refractivity contribution is 0.726. The Morgan fingerprint density at radius 3 is 1.60 bits per heavy atom. The third kappa shape index (κ3) is 9.91. The van der Waals surface area contributed by atoms with E-state index < -0.39 is 0 Å². The van der Waals surface area contributed by atoms with E-state index in [1.807, 2.05) is 0 Å². The van der Waals surface area contributed by atoms with Crippen LogP contribution in [0.5, 0.6) is 0 Å². The van der Waals surface area contributed by atoms with Crippen LogP contribution in [0.4, 0.5) is 0 Å². The van der Waals surface area contributed by atoms with Gasteiger partial charge >= 0.3 is 0 Å². The molecule has 0 aliphatic carbocycles. The van der Waals surface area contributed by atoms with Crippen LogP contribution < -0.4 is 10.4 Å². The molecule has 0 saturated heterocycles. The van der Waals surface area contributed by atoms with E-state index in [1.165, 1.54) is 93.5 Å². The van der Waals surface area contributed by atoms with Gasteiger partial charge in [-0.05, 0) is 166 Å². The van der Waals surface area contributed by atoms with Gasteiger partial charge in [-0.3, -0.25) is 0 Å². The largest absolute Gasteiger partial charge is 0.0911 e. The molecule has 1 unspecified atom stereocenters. The van der Waals surface area contributed by atoms with Gasteiger partial charge in [0.1, 0.15) is 0 Å². The molecule has 9 aromatic rings. The van der Waals surface area contributed by atoms with Crippen molar-refractivity contribution in [3.63, 3.8) is 0 Å². The molecule has 0 aliphatic rings. The molecule has 342 valence electrons. The second kappa shape index (κ2) is 21.1. The van der Waals surface area contributed by atoms with Crippen LogP contribution in [-0.4, -0.2) is 0 Å². The first-order valence-corrected chi connectivity index (χ1v) is 24.7. The molecule has 0 amide bonds. The van der Waals surface area contributed by atoms with E-state index in [4.69, 9.17) is 0 Å². The van der Waals surface area contributed by atoms with E-state index in [9.17, 15) is 0 Å². The van der Waals surface area contributed by atoms with Gasteiger partial charge in [-0.1, -0.05) is 252 Å². The highest BCUT2D eigenvalue weighted by molar-refractivity contribution is 6.00. The summed E-state index contributed by atoms with van der Waals surface area (Å²) in [7, 11) is 0. The summed E-state index contributed by atoms with van der Waals surface area (Å²) in [5.74, 6) is 0.362. The SMILES string of the molecule is C=C(/C=C\c1ccc(/C(=C\Cc2ccc(/C(C)=C/C=c3/ccc(/C=C\C(=C)c4cccc5ccccc45)c(C(C)CC)c3=C)cc2)c2cccc3ccccc23)c(C)c1C)c1cccc2ccccc12. The minimum Gasteiger partial charge on any atom is -0.0911 e. The Morgan fingerprint density at radius 2 is 1.03 bits per heavy atom. The quantitative estimate of drug-likeness (QED) is 0.0954. The van der Waals surface area contributed by atoms with Crippen molar-refractivity contribution >= 4 is 79.4 Å². The molecule has 0 fully saturated rings. The Hall–Kier alpha value is -8.06. The normalized spacial score (nSPS) is 13.0. The maximum absolute atomic E-state index is 4.65. The zero-order valence-corrected chi connectivity index (χ0v) is 41.4.